The number of aryl methyl sites for hydroxylation is 2. The van der Waals surface area contributed by atoms with Gasteiger partial charge in [-0.1, -0.05) is 29.8 Å². The van der Waals surface area contributed by atoms with E-state index in [0.717, 1.165) is 11.2 Å². The van der Waals surface area contributed by atoms with Gasteiger partial charge in [-0.15, -0.1) is 0 Å². The summed E-state index contributed by atoms with van der Waals surface area (Å²) in [5.41, 5.74) is 5.71. The van der Waals surface area contributed by atoms with E-state index >= 15 is 0 Å². The quantitative estimate of drug-likeness (QED) is 0.365. The number of hydrogen-bond acceptors (Lipinski definition) is 1. The summed E-state index contributed by atoms with van der Waals surface area (Å²) in [7, 11) is 2.13. The van der Waals surface area contributed by atoms with Crippen molar-refractivity contribution < 1.29 is 4.42 Å². The molecule has 0 unspecified atom stereocenters. The third-order valence-electron chi connectivity index (χ3n) is 4.66. The van der Waals surface area contributed by atoms with Crippen LogP contribution in [0.2, 0.25) is 0 Å². The molecule has 22 heavy (non-hydrogen) atoms. The van der Waals surface area contributed by atoms with Crippen molar-refractivity contribution in [2.24, 2.45) is 7.05 Å². The number of fused-ring (bicyclic) bond motifs is 6. The van der Waals surface area contributed by atoms with Gasteiger partial charge in [0.05, 0.1) is 0 Å². The fraction of sp³-hybridized carbons (Fsp3) is 0.100. The number of hydrogen-bond donors (Lipinski definition) is 0. The minimum absolute atomic E-state index is 0.952. The van der Waals surface area contributed by atoms with E-state index < -0.39 is 0 Å². The highest BCUT2D eigenvalue weighted by molar-refractivity contribution is 6.16. The van der Waals surface area contributed by atoms with Gasteiger partial charge in [0.15, 0.2) is 0 Å². The SMILES string of the molecule is Cc1ccc2c(c1)c1cc3oc4ccccc4c3cc1n2C. The first kappa shape index (κ1) is 11.9. The Labute approximate surface area is 127 Å². The molecular formula is C20H15NO. The Morgan fingerprint density at radius 3 is 2.45 bits per heavy atom. The molecule has 0 bridgehead atoms. The number of furan rings is 1. The molecule has 106 valence electrons. The summed E-state index contributed by atoms with van der Waals surface area (Å²) in [6.07, 6.45) is 0. The van der Waals surface area contributed by atoms with Gasteiger partial charge in [-0.05, 0) is 37.3 Å². The van der Waals surface area contributed by atoms with Crippen LogP contribution in [0.3, 0.4) is 0 Å². The lowest BCUT2D eigenvalue weighted by molar-refractivity contribution is 0.669. The largest absolute Gasteiger partial charge is 0.456 e. The predicted octanol–water partition coefficient (Wildman–Crippen LogP) is 5.54. The molecule has 0 saturated carbocycles. The van der Waals surface area contributed by atoms with Crippen molar-refractivity contribution in [1.29, 1.82) is 0 Å². The fourth-order valence-corrected chi connectivity index (χ4v) is 3.54. The van der Waals surface area contributed by atoms with Gasteiger partial charge in [0, 0.05) is 39.6 Å². The third kappa shape index (κ3) is 1.39. The molecule has 2 aromatic heterocycles. The fourth-order valence-electron chi connectivity index (χ4n) is 3.54. The molecule has 0 saturated heterocycles. The summed E-state index contributed by atoms with van der Waals surface area (Å²) in [5.74, 6) is 0. The van der Waals surface area contributed by atoms with Crippen LogP contribution in [0, 0.1) is 6.92 Å². The topological polar surface area (TPSA) is 18.1 Å². The second kappa shape index (κ2) is 3.92. The van der Waals surface area contributed by atoms with E-state index in [2.05, 4.69) is 61.0 Å². The second-order valence-corrected chi connectivity index (χ2v) is 6.04. The van der Waals surface area contributed by atoms with Gasteiger partial charge in [-0.2, -0.15) is 0 Å². The molecule has 0 spiro atoms. The number of benzene rings is 3. The number of nitrogens with zero attached hydrogens (tertiary/aromatic N) is 1. The molecule has 2 nitrogen and oxygen atoms in total. The van der Waals surface area contributed by atoms with Crippen LogP contribution in [0.25, 0.3) is 43.7 Å². The highest BCUT2D eigenvalue weighted by atomic mass is 16.3. The van der Waals surface area contributed by atoms with Gasteiger partial charge in [-0.3, -0.25) is 0 Å². The van der Waals surface area contributed by atoms with Gasteiger partial charge in [0.1, 0.15) is 11.2 Å². The molecule has 5 aromatic rings. The molecule has 0 radical (unpaired) electrons. The number of rotatable bonds is 0. The van der Waals surface area contributed by atoms with Crippen LogP contribution in [0.4, 0.5) is 0 Å². The van der Waals surface area contributed by atoms with Crippen molar-refractivity contribution in [2.75, 3.05) is 0 Å². The molecule has 5 rings (SSSR count). The molecule has 3 aromatic carbocycles. The molecule has 0 aliphatic carbocycles. The standard InChI is InChI=1S/C20H15NO/c1-12-7-8-17-14(9-12)15-11-20-16(10-18(15)21(17)2)13-5-3-4-6-19(13)22-20/h3-11H,1-2H3. The molecule has 0 amide bonds. The number of aromatic nitrogens is 1. The van der Waals surface area contributed by atoms with Crippen LogP contribution < -0.4 is 0 Å². The minimum Gasteiger partial charge on any atom is -0.456 e. The Kier molecular flexibility index (Phi) is 2.11. The minimum atomic E-state index is 0.952. The Morgan fingerprint density at radius 2 is 1.55 bits per heavy atom. The van der Waals surface area contributed by atoms with Crippen molar-refractivity contribution in [3.8, 4) is 0 Å². The van der Waals surface area contributed by atoms with Crippen molar-refractivity contribution in [2.45, 2.75) is 6.92 Å². The first-order valence-corrected chi connectivity index (χ1v) is 7.52. The van der Waals surface area contributed by atoms with Gasteiger partial charge in [0.25, 0.3) is 0 Å². The van der Waals surface area contributed by atoms with Gasteiger partial charge in [-0.25, -0.2) is 0 Å². The van der Waals surface area contributed by atoms with Crippen LogP contribution in [0.15, 0.2) is 59.0 Å². The number of para-hydroxylation sites is 1. The van der Waals surface area contributed by atoms with Crippen LogP contribution in [0.5, 0.6) is 0 Å². The normalized spacial score (nSPS) is 12.1. The van der Waals surface area contributed by atoms with Gasteiger partial charge >= 0.3 is 0 Å². The highest BCUT2D eigenvalue weighted by Gasteiger charge is 2.13. The Bertz CT molecular complexity index is 1190. The van der Waals surface area contributed by atoms with Crippen molar-refractivity contribution in [3.63, 3.8) is 0 Å². The van der Waals surface area contributed by atoms with E-state index in [9.17, 15) is 0 Å². The van der Waals surface area contributed by atoms with Crippen LogP contribution in [0.1, 0.15) is 5.56 Å². The molecule has 0 N–H and O–H groups in total. The van der Waals surface area contributed by atoms with Crippen molar-refractivity contribution >= 4 is 43.7 Å². The average molecular weight is 285 g/mol. The zero-order chi connectivity index (χ0) is 14.8. The van der Waals surface area contributed by atoms with Crippen molar-refractivity contribution in [3.05, 3.63) is 60.2 Å². The molecule has 0 fully saturated rings. The zero-order valence-electron chi connectivity index (χ0n) is 12.6. The zero-order valence-corrected chi connectivity index (χ0v) is 12.6. The first-order valence-electron chi connectivity index (χ1n) is 7.52. The van der Waals surface area contributed by atoms with Gasteiger partial charge < -0.3 is 8.98 Å². The van der Waals surface area contributed by atoms with E-state index in [1.54, 1.807) is 0 Å². The molecule has 0 aliphatic rings. The first-order chi connectivity index (χ1) is 10.7. The maximum atomic E-state index is 6.04. The van der Waals surface area contributed by atoms with E-state index in [1.807, 2.05) is 12.1 Å². The Morgan fingerprint density at radius 1 is 0.727 bits per heavy atom. The van der Waals surface area contributed by atoms with Crippen LogP contribution >= 0.6 is 0 Å². The molecule has 2 heterocycles. The van der Waals surface area contributed by atoms with Gasteiger partial charge in [0.2, 0.25) is 0 Å². The van der Waals surface area contributed by atoms with E-state index in [4.69, 9.17) is 4.42 Å². The smallest absolute Gasteiger partial charge is 0.136 e. The highest BCUT2D eigenvalue weighted by Crippen LogP contribution is 2.36. The molecular weight excluding hydrogens is 270 g/mol. The summed E-state index contributed by atoms with van der Waals surface area (Å²) in [4.78, 5) is 0. The lowest BCUT2D eigenvalue weighted by atomic mass is 10.1. The van der Waals surface area contributed by atoms with Crippen LogP contribution in [-0.2, 0) is 7.05 Å². The summed E-state index contributed by atoms with van der Waals surface area (Å²) in [6.45, 7) is 2.14. The maximum Gasteiger partial charge on any atom is 0.136 e. The maximum absolute atomic E-state index is 6.04. The summed E-state index contributed by atoms with van der Waals surface area (Å²) in [6, 6.07) is 19.3. The lowest BCUT2D eigenvalue weighted by Gasteiger charge is -1.98. The Balaban J connectivity index is 2.05. The Hall–Kier alpha value is -2.74. The molecule has 0 aliphatic heterocycles. The molecule has 0 atom stereocenters. The van der Waals surface area contributed by atoms with E-state index in [1.165, 1.54) is 38.1 Å². The summed E-state index contributed by atoms with van der Waals surface area (Å²) < 4.78 is 8.31. The molecule has 2 heteroatoms. The summed E-state index contributed by atoms with van der Waals surface area (Å²) >= 11 is 0. The predicted molar refractivity (Wildman–Crippen MR) is 92.4 cm³/mol. The average Bonchev–Trinajstić information content (AvgIpc) is 3.02. The van der Waals surface area contributed by atoms with E-state index in [0.29, 0.717) is 0 Å². The van der Waals surface area contributed by atoms with Crippen molar-refractivity contribution in [1.82, 2.24) is 4.57 Å². The third-order valence-corrected chi connectivity index (χ3v) is 4.66. The van der Waals surface area contributed by atoms with E-state index in [-0.39, 0.29) is 0 Å². The van der Waals surface area contributed by atoms with Crippen LogP contribution in [-0.4, -0.2) is 4.57 Å². The lowest BCUT2D eigenvalue weighted by Crippen LogP contribution is -1.86. The monoisotopic (exact) mass is 285 g/mol. The summed E-state index contributed by atoms with van der Waals surface area (Å²) in [5, 5.41) is 4.92. The second-order valence-electron chi connectivity index (χ2n) is 6.04.